The molecule has 1 aromatic carbocycles. The molecule has 0 aliphatic carbocycles. The van der Waals surface area contributed by atoms with E-state index in [9.17, 15) is 4.79 Å². The highest BCUT2D eigenvalue weighted by Gasteiger charge is 2.20. The number of urea groups is 1. The lowest BCUT2D eigenvalue weighted by Crippen LogP contribution is -2.40. The van der Waals surface area contributed by atoms with Crippen molar-refractivity contribution in [1.29, 1.82) is 0 Å². The van der Waals surface area contributed by atoms with E-state index in [2.05, 4.69) is 28.0 Å². The molecule has 6 nitrogen and oxygen atoms in total. The Morgan fingerprint density at radius 3 is 2.84 bits per heavy atom. The molecule has 0 bridgehead atoms. The fraction of sp³-hybridized carbons (Fsp3) is 0.308. The van der Waals surface area contributed by atoms with Gasteiger partial charge in [-0.3, -0.25) is 9.84 Å². The molecule has 0 spiro atoms. The Labute approximate surface area is 111 Å². The van der Waals surface area contributed by atoms with E-state index in [0.29, 0.717) is 5.88 Å². The Kier molecular flexibility index (Phi) is 4.12. The van der Waals surface area contributed by atoms with E-state index < -0.39 is 0 Å². The zero-order valence-electron chi connectivity index (χ0n) is 11.0. The third kappa shape index (κ3) is 3.54. The van der Waals surface area contributed by atoms with Gasteiger partial charge in [-0.25, -0.2) is 4.79 Å². The average molecular weight is 261 g/mol. The van der Waals surface area contributed by atoms with Crippen molar-refractivity contribution in [3.63, 3.8) is 0 Å². The summed E-state index contributed by atoms with van der Waals surface area (Å²) in [6.07, 6.45) is 2.51. The molecule has 0 saturated carbocycles. The van der Waals surface area contributed by atoms with Crippen molar-refractivity contribution in [2.75, 3.05) is 12.4 Å². The fourth-order valence-electron chi connectivity index (χ4n) is 1.74. The molecule has 0 radical (unpaired) electrons. The van der Waals surface area contributed by atoms with E-state index in [1.165, 1.54) is 12.6 Å². The number of hydrogen-bond donors (Lipinski definition) is 2. The summed E-state index contributed by atoms with van der Waals surface area (Å²) in [5.41, 5.74) is 1.23. The minimum atomic E-state index is -0.334. The SMILES string of the molecule is CNC(=O)Nc1c[n+]([C@@H](C)Cc2ccccc2)no1. The summed E-state index contributed by atoms with van der Waals surface area (Å²) in [5.74, 6) is 0.319. The van der Waals surface area contributed by atoms with Crippen LogP contribution in [0.15, 0.2) is 41.1 Å². The van der Waals surface area contributed by atoms with E-state index >= 15 is 0 Å². The second-order valence-electron chi connectivity index (χ2n) is 4.29. The quantitative estimate of drug-likeness (QED) is 0.820. The van der Waals surface area contributed by atoms with E-state index in [0.717, 1.165) is 6.42 Å². The summed E-state index contributed by atoms with van der Waals surface area (Å²) in [6.45, 7) is 2.04. The van der Waals surface area contributed by atoms with E-state index in [-0.39, 0.29) is 12.1 Å². The van der Waals surface area contributed by atoms with Gasteiger partial charge in [-0.1, -0.05) is 30.3 Å². The zero-order chi connectivity index (χ0) is 13.7. The van der Waals surface area contributed by atoms with Crippen molar-refractivity contribution in [2.24, 2.45) is 0 Å². The summed E-state index contributed by atoms with van der Waals surface area (Å²) >= 11 is 0. The second kappa shape index (κ2) is 5.99. The van der Waals surface area contributed by atoms with Crippen LogP contribution in [0.3, 0.4) is 0 Å². The summed E-state index contributed by atoms with van der Waals surface area (Å²) in [7, 11) is 1.54. The smallest absolute Gasteiger partial charge is 0.321 e. The molecule has 0 unspecified atom stereocenters. The van der Waals surface area contributed by atoms with Crippen LogP contribution in [0.25, 0.3) is 0 Å². The molecule has 0 aliphatic heterocycles. The second-order valence-corrected chi connectivity index (χ2v) is 4.29. The van der Waals surface area contributed by atoms with Crippen LogP contribution in [0, 0.1) is 0 Å². The highest BCUT2D eigenvalue weighted by Crippen LogP contribution is 2.09. The molecule has 0 aliphatic rings. The number of rotatable bonds is 4. The molecule has 1 heterocycles. The predicted octanol–water partition coefficient (Wildman–Crippen LogP) is 1.52. The van der Waals surface area contributed by atoms with Gasteiger partial charge in [-0.15, -0.1) is 0 Å². The molecule has 1 atom stereocenters. The van der Waals surface area contributed by atoms with E-state index in [4.69, 9.17) is 4.52 Å². The third-order valence-corrected chi connectivity index (χ3v) is 2.77. The Bertz CT molecular complexity index is 539. The Hall–Kier alpha value is -2.37. The van der Waals surface area contributed by atoms with E-state index in [1.54, 1.807) is 10.9 Å². The molecular weight excluding hydrogens is 244 g/mol. The monoisotopic (exact) mass is 261 g/mol. The summed E-state index contributed by atoms with van der Waals surface area (Å²) in [4.78, 5) is 11.1. The lowest BCUT2D eigenvalue weighted by molar-refractivity contribution is -0.782. The third-order valence-electron chi connectivity index (χ3n) is 2.77. The number of hydrogen-bond acceptors (Lipinski definition) is 3. The number of anilines is 1. The Balaban J connectivity index is 2.00. The Morgan fingerprint density at radius 1 is 1.42 bits per heavy atom. The van der Waals surface area contributed by atoms with Gasteiger partial charge in [-0.05, 0) is 10.2 Å². The number of benzene rings is 1. The van der Waals surface area contributed by atoms with Crippen LogP contribution in [0.1, 0.15) is 18.5 Å². The molecule has 1 aromatic heterocycles. The Morgan fingerprint density at radius 2 is 2.16 bits per heavy atom. The lowest BCUT2D eigenvalue weighted by atomic mass is 10.1. The van der Waals surface area contributed by atoms with Crippen LogP contribution in [0.5, 0.6) is 0 Å². The highest BCUT2D eigenvalue weighted by molar-refractivity contribution is 5.87. The normalized spacial score (nSPS) is 11.9. The van der Waals surface area contributed by atoms with Crippen molar-refractivity contribution < 1.29 is 14.0 Å². The average Bonchev–Trinajstić information content (AvgIpc) is 2.88. The van der Waals surface area contributed by atoms with Crippen LogP contribution < -0.4 is 15.3 Å². The van der Waals surface area contributed by atoms with Crippen LogP contribution >= 0.6 is 0 Å². The van der Waals surface area contributed by atoms with Gasteiger partial charge in [0.2, 0.25) is 5.27 Å². The molecule has 2 amide bonds. The number of nitrogens with one attached hydrogen (secondary N) is 2. The molecular formula is C13H17N4O2+. The van der Waals surface area contributed by atoms with Gasteiger partial charge in [0.05, 0.1) is 0 Å². The minimum Gasteiger partial charge on any atom is -0.341 e. The van der Waals surface area contributed by atoms with Gasteiger partial charge >= 0.3 is 11.9 Å². The van der Waals surface area contributed by atoms with Gasteiger partial charge < -0.3 is 5.32 Å². The first-order chi connectivity index (χ1) is 9.19. The molecule has 100 valence electrons. The lowest BCUT2D eigenvalue weighted by Gasteiger charge is -2.01. The standard InChI is InChI=1S/C13H16N4O2/c1-10(8-11-6-4-3-5-7-11)17-9-12(19-16-17)15-13(18)14-2/h3-7,9-10H,8H2,1-2H3,(H-,14,15,16,18)/p+1/t10-/m0/s1. The van der Waals surface area contributed by atoms with E-state index in [1.807, 2.05) is 25.1 Å². The molecule has 0 fully saturated rings. The maximum Gasteiger partial charge on any atom is 0.321 e. The molecule has 2 rings (SSSR count). The molecule has 2 aromatic rings. The minimum absolute atomic E-state index is 0.145. The number of nitrogens with zero attached hydrogens (tertiary/aromatic N) is 2. The van der Waals surface area contributed by atoms with Gasteiger partial charge in [0.1, 0.15) is 0 Å². The first-order valence-electron chi connectivity index (χ1n) is 6.10. The molecule has 0 saturated heterocycles. The van der Waals surface area contributed by atoms with Crippen LogP contribution in [0.2, 0.25) is 0 Å². The number of carbonyl (C=O) groups excluding carboxylic acids is 1. The van der Waals surface area contributed by atoms with Crippen LogP contribution in [-0.2, 0) is 6.42 Å². The summed E-state index contributed by atoms with van der Waals surface area (Å²) < 4.78 is 6.73. The van der Waals surface area contributed by atoms with Crippen LogP contribution in [-0.4, -0.2) is 18.4 Å². The van der Waals surface area contributed by atoms with Gasteiger partial charge in [0.25, 0.3) is 6.20 Å². The van der Waals surface area contributed by atoms with Crippen molar-refractivity contribution in [1.82, 2.24) is 10.6 Å². The summed E-state index contributed by atoms with van der Waals surface area (Å²) in [5, 5.41) is 8.87. The van der Waals surface area contributed by atoms with Gasteiger partial charge in [0, 0.05) is 20.4 Å². The predicted molar refractivity (Wildman–Crippen MR) is 69.6 cm³/mol. The van der Waals surface area contributed by atoms with Gasteiger partial charge in [0.15, 0.2) is 6.04 Å². The van der Waals surface area contributed by atoms with Crippen molar-refractivity contribution >= 4 is 11.9 Å². The maximum absolute atomic E-state index is 11.1. The number of carbonyl (C=O) groups is 1. The molecule has 2 N–H and O–H groups in total. The van der Waals surface area contributed by atoms with Crippen molar-refractivity contribution in [2.45, 2.75) is 19.4 Å². The fourth-order valence-corrected chi connectivity index (χ4v) is 1.74. The largest absolute Gasteiger partial charge is 0.341 e. The highest BCUT2D eigenvalue weighted by atomic mass is 16.5. The first kappa shape index (κ1) is 13.1. The molecule has 6 heteroatoms. The summed E-state index contributed by atoms with van der Waals surface area (Å²) in [6, 6.07) is 9.96. The van der Waals surface area contributed by atoms with Gasteiger partial charge in [-0.2, -0.15) is 0 Å². The zero-order valence-corrected chi connectivity index (χ0v) is 11.0. The number of aromatic nitrogens is 2. The number of amides is 2. The maximum atomic E-state index is 11.1. The van der Waals surface area contributed by atoms with Crippen molar-refractivity contribution in [3.05, 3.63) is 42.1 Å². The van der Waals surface area contributed by atoms with Crippen LogP contribution in [0.4, 0.5) is 10.7 Å². The first-order valence-corrected chi connectivity index (χ1v) is 6.10. The van der Waals surface area contributed by atoms with Crippen molar-refractivity contribution in [3.8, 4) is 0 Å². The topological polar surface area (TPSA) is 71.0 Å². The molecule has 19 heavy (non-hydrogen) atoms.